The van der Waals surface area contributed by atoms with Gasteiger partial charge in [0, 0.05) is 19.4 Å². The minimum atomic E-state index is -0.874. The molecule has 0 rings (SSSR count). The highest BCUT2D eigenvalue weighted by atomic mass is 16.5. The van der Waals surface area contributed by atoms with Gasteiger partial charge in [0.1, 0.15) is 0 Å². The minimum absolute atomic E-state index is 0.0310. The van der Waals surface area contributed by atoms with Crippen LogP contribution in [0, 0.1) is 0 Å². The first-order chi connectivity index (χ1) is 7.66. The molecule has 1 amide bonds. The Balaban J connectivity index is 3.23. The number of rotatable bonds is 10. The van der Waals surface area contributed by atoms with Crippen molar-refractivity contribution < 1.29 is 19.4 Å². The van der Waals surface area contributed by atoms with Gasteiger partial charge in [-0.2, -0.15) is 0 Å². The standard InChI is InChI=1S/C11H19NO4/c1-2-3-8-16-9-7-12-10(13)5-4-6-11(14)15/h2H,1,3-9H2,(H,12,13)(H,14,15). The molecule has 0 unspecified atom stereocenters. The second-order valence-corrected chi connectivity index (χ2v) is 3.29. The maximum absolute atomic E-state index is 11.1. The average molecular weight is 229 g/mol. The second kappa shape index (κ2) is 10.2. The van der Waals surface area contributed by atoms with Crippen LogP contribution in [0.2, 0.25) is 0 Å². The van der Waals surface area contributed by atoms with Gasteiger partial charge < -0.3 is 15.2 Å². The predicted octanol–water partition coefficient (Wildman–Crippen LogP) is 0.950. The van der Waals surface area contributed by atoms with Gasteiger partial charge >= 0.3 is 5.97 Å². The largest absolute Gasteiger partial charge is 0.481 e. The lowest BCUT2D eigenvalue weighted by molar-refractivity contribution is -0.137. The lowest BCUT2D eigenvalue weighted by Gasteiger charge is -2.05. The van der Waals surface area contributed by atoms with Crippen molar-refractivity contribution in [2.75, 3.05) is 19.8 Å². The quantitative estimate of drug-likeness (QED) is 0.432. The van der Waals surface area contributed by atoms with Gasteiger partial charge in [0.15, 0.2) is 0 Å². The summed E-state index contributed by atoms with van der Waals surface area (Å²) in [6.45, 7) is 5.10. The Kier molecular flexibility index (Phi) is 9.30. The van der Waals surface area contributed by atoms with Crippen LogP contribution >= 0.6 is 0 Å². The predicted molar refractivity (Wildman–Crippen MR) is 60.1 cm³/mol. The van der Waals surface area contributed by atoms with E-state index < -0.39 is 5.97 Å². The molecule has 5 nitrogen and oxygen atoms in total. The van der Waals surface area contributed by atoms with Crippen molar-refractivity contribution >= 4 is 11.9 Å². The third-order valence-corrected chi connectivity index (χ3v) is 1.83. The average Bonchev–Trinajstić information content (AvgIpc) is 2.22. The maximum Gasteiger partial charge on any atom is 0.303 e. The normalized spacial score (nSPS) is 9.75. The molecular weight excluding hydrogens is 210 g/mol. The van der Waals surface area contributed by atoms with Crippen LogP contribution in [0.15, 0.2) is 12.7 Å². The third kappa shape index (κ3) is 10.7. The van der Waals surface area contributed by atoms with Crippen LogP contribution in [0.5, 0.6) is 0 Å². The van der Waals surface area contributed by atoms with Crippen LogP contribution in [0.3, 0.4) is 0 Å². The van der Waals surface area contributed by atoms with Crippen molar-refractivity contribution in [1.29, 1.82) is 0 Å². The Labute approximate surface area is 95.5 Å². The summed E-state index contributed by atoms with van der Waals surface area (Å²) in [7, 11) is 0. The summed E-state index contributed by atoms with van der Waals surface area (Å²) in [5.74, 6) is -1.01. The molecule has 0 saturated heterocycles. The molecule has 0 atom stereocenters. The Morgan fingerprint density at radius 3 is 2.69 bits per heavy atom. The van der Waals surface area contributed by atoms with Gasteiger partial charge in [0.2, 0.25) is 5.91 Å². The van der Waals surface area contributed by atoms with E-state index in [-0.39, 0.29) is 18.7 Å². The number of carboxylic acids is 1. The fourth-order valence-corrected chi connectivity index (χ4v) is 1.02. The SMILES string of the molecule is C=CCCOCCNC(=O)CCCC(=O)O. The second-order valence-electron chi connectivity index (χ2n) is 3.29. The van der Waals surface area contributed by atoms with Gasteiger partial charge in [0.05, 0.1) is 13.2 Å². The zero-order valence-electron chi connectivity index (χ0n) is 9.41. The molecule has 0 spiro atoms. The van der Waals surface area contributed by atoms with E-state index in [1.807, 2.05) is 0 Å². The molecule has 0 aromatic rings. The summed E-state index contributed by atoms with van der Waals surface area (Å²) >= 11 is 0. The van der Waals surface area contributed by atoms with Crippen LogP contribution in [0.4, 0.5) is 0 Å². The molecule has 0 aliphatic carbocycles. The zero-order chi connectivity index (χ0) is 12.2. The van der Waals surface area contributed by atoms with Crippen molar-refractivity contribution in [3.63, 3.8) is 0 Å². The Bertz CT molecular complexity index is 228. The molecule has 0 aliphatic rings. The molecule has 0 radical (unpaired) electrons. The van der Waals surface area contributed by atoms with Crippen LogP contribution in [-0.2, 0) is 14.3 Å². The molecule has 0 fully saturated rings. The number of carboxylic acid groups (broad SMARTS) is 1. The highest BCUT2D eigenvalue weighted by Crippen LogP contribution is 1.94. The van der Waals surface area contributed by atoms with Crippen molar-refractivity contribution in [2.24, 2.45) is 0 Å². The van der Waals surface area contributed by atoms with E-state index in [0.29, 0.717) is 26.2 Å². The molecule has 0 saturated carbocycles. The Hall–Kier alpha value is -1.36. The Morgan fingerprint density at radius 2 is 2.06 bits per heavy atom. The van der Waals surface area contributed by atoms with Gasteiger partial charge in [0.25, 0.3) is 0 Å². The number of amides is 1. The van der Waals surface area contributed by atoms with Gasteiger partial charge in [-0.25, -0.2) is 0 Å². The summed E-state index contributed by atoms with van der Waals surface area (Å²) in [6.07, 6.45) is 3.22. The van der Waals surface area contributed by atoms with Crippen LogP contribution < -0.4 is 5.32 Å². The molecule has 92 valence electrons. The van der Waals surface area contributed by atoms with E-state index in [1.165, 1.54) is 0 Å². The summed E-state index contributed by atoms with van der Waals surface area (Å²) < 4.78 is 5.19. The first kappa shape index (κ1) is 14.6. The molecule has 0 bridgehead atoms. The zero-order valence-corrected chi connectivity index (χ0v) is 9.41. The Morgan fingerprint density at radius 1 is 1.31 bits per heavy atom. The van der Waals surface area contributed by atoms with Crippen LogP contribution in [0.1, 0.15) is 25.7 Å². The number of hydrogen-bond acceptors (Lipinski definition) is 3. The number of hydrogen-bond donors (Lipinski definition) is 2. The maximum atomic E-state index is 11.1. The molecule has 0 aliphatic heterocycles. The van der Waals surface area contributed by atoms with E-state index in [2.05, 4.69) is 11.9 Å². The lowest BCUT2D eigenvalue weighted by Crippen LogP contribution is -2.27. The number of carbonyl (C=O) groups excluding carboxylic acids is 1. The van der Waals surface area contributed by atoms with Gasteiger partial charge in [-0.05, 0) is 12.8 Å². The molecule has 0 aromatic carbocycles. The van der Waals surface area contributed by atoms with E-state index >= 15 is 0 Å². The molecular formula is C11H19NO4. The molecule has 0 aromatic heterocycles. The third-order valence-electron chi connectivity index (χ3n) is 1.83. The fourth-order valence-electron chi connectivity index (χ4n) is 1.02. The number of carbonyl (C=O) groups is 2. The summed E-state index contributed by atoms with van der Waals surface area (Å²) in [5.41, 5.74) is 0. The number of aliphatic carboxylic acids is 1. The van der Waals surface area contributed by atoms with Crippen molar-refractivity contribution in [3.8, 4) is 0 Å². The minimum Gasteiger partial charge on any atom is -0.481 e. The van der Waals surface area contributed by atoms with Crippen LogP contribution in [0.25, 0.3) is 0 Å². The van der Waals surface area contributed by atoms with Gasteiger partial charge in [-0.1, -0.05) is 6.08 Å². The molecule has 5 heteroatoms. The van der Waals surface area contributed by atoms with E-state index in [0.717, 1.165) is 6.42 Å². The number of ether oxygens (including phenoxy) is 1. The summed E-state index contributed by atoms with van der Waals surface area (Å²) in [5, 5.41) is 11.0. The first-order valence-corrected chi connectivity index (χ1v) is 5.34. The topological polar surface area (TPSA) is 75.6 Å². The highest BCUT2D eigenvalue weighted by Gasteiger charge is 2.02. The summed E-state index contributed by atoms with van der Waals surface area (Å²) in [4.78, 5) is 21.3. The van der Waals surface area contributed by atoms with Crippen molar-refractivity contribution in [3.05, 3.63) is 12.7 Å². The van der Waals surface area contributed by atoms with Crippen LogP contribution in [-0.4, -0.2) is 36.7 Å². The van der Waals surface area contributed by atoms with Crippen molar-refractivity contribution in [1.82, 2.24) is 5.32 Å². The fraction of sp³-hybridized carbons (Fsp3) is 0.636. The lowest BCUT2D eigenvalue weighted by atomic mass is 10.2. The van der Waals surface area contributed by atoms with E-state index in [4.69, 9.17) is 9.84 Å². The first-order valence-electron chi connectivity index (χ1n) is 5.34. The van der Waals surface area contributed by atoms with Gasteiger partial charge in [-0.3, -0.25) is 9.59 Å². The van der Waals surface area contributed by atoms with E-state index in [9.17, 15) is 9.59 Å². The molecule has 16 heavy (non-hydrogen) atoms. The van der Waals surface area contributed by atoms with Crippen molar-refractivity contribution in [2.45, 2.75) is 25.7 Å². The smallest absolute Gasteiger partial charge is 0.303 e. The number of nitrogens with one attached hydrogen (secondary N) is 1. The highest BCUT2D eigenvalue weighted by molar-refractivity contribution is 5.76. The molecule has 2 N–H and O–H groups in total. The monoisotopic (exact) mass is 229 g/mol. The summed E-state index contributed by atoms with van der Waals surface area (Å²) in [6, 6.07) is 0. The van der Waals surface area contributed by atoms with E-state index in [1.54, 1.807) is 6.08 Å². The van der Waals surface area contributed by atoms with Gasteiger partial charge in [-0.15, -0.1) is 6.58 Å². The molecule has 0 heterocycles.